The third-order valence-electron chi connectivity index (χ3n) is 5.82. The third kappa shape index (κ3) is 5.98. The van der Waals surface area contributed by atoms with Gasteiger partial charge in [0.25, 0.3) is 15.9 Å². The number of fused-ring (bicyclic) bond motifs is 1. The van der Waals surface area contributed by atoms with Gasteiger partial charge in [0.2, 0.25) is 0 Å². The summed E-state index contributed by atoms with van der Waals surface area (Å²) >= 11 is 1.25. The molecule has 194 valence electrons. The summed E-state index contributed by atoms with van der Waals surface area (Å²) in [7, 11) is 0.111. The lowest BCUT2D eigenvalue weighted by Gasteiger charge is -2.23. The summed E-state index contributed by atoms with van der Waals surface area (Å²) in [6.07, 6.45) is 0.706. The minimum atomic E-state index is -3.81. The standard InChI is InChI=1S/C27H29FN4O3S2/c1-4-32(22-9-6-5-7-10-22)37(34,35)23-14-11-20(12-15-23)26(33)31(18-8-17-30(2)3)27-29-24-16-13-21(28)19-25(24)36-27/h5-7,9-16,19H,4,8,17-18H2,1-3H3. The molecule has 10 heteroatoms. The Kier molecular flexibility index (Phi) is 8.21. The van der Waals surface area contributed by atoms with Gasteiger partial charge in [-0.1, -0.05) is 29.5 Å². The molecule has 0 bridgehead atoms. The highest BCUT2D eigenvalue weighted by molar-refractivity contribution is 7.92. The largest absolute Gasteiger partial charge is 0.309 e. The van der Waals surface area contributed by atoms with E-state index in [1.165, 1.54) is 52.0 Å². The molecule has 0 saturated carbocycles. The van der Waals surface area contributed by atoms with Gasteiger partial charge in [0.05, 0.1) is 20.8 Å². The number of hydrogen-bond donors (Lipinski definition) is 0. The van der Waals surface area contributed by atoms with Crippen molar-refractivity contribution in [2.24, 2.45) is 0 Å². The monoisotopic (exact) mass is 540 g/mol. The van der Waals surface area contributed by atoms with Gasteiger partial charge in [0.15, 0.2) is 5.13 Å². The zero-order valence-corrected chi connectivity index (χ0v) is 22.6. The lowest BCUT2D eigenvalue weighted by Crippen LogP contribution is -2.33. The van der Waals surface area contributed by atoms with E-state index >= 15 is 0 Å². The quantitative estimate of drug-likeness (QED) is 0.275. The smallest absolute Gasteiger partial charge is 0.264 e. The Morgan fingerprint density at radius 3 is 2.32 bits per heavy atom. The van der Waals surface area contributed by atoms with Gasteiger partial charge in [-0.3, -0.25) is 14.0 Å². The Morgan fingerprint density at radius 1 is 0.973 bits per heavy atom. The van der Waals surface area contributed by atoms with Gasteiger partial charge >= 0.3 is 0 Å². The zero-order valence-electron chi connectivity index (χ0n) is 21.0. The number of para-hydroxylation sites is 1. The number of anilines is 2. The highest BCUT2D eigenvalue weighted by Gasteiger charge is 2.25. The minimum Gasteiger partial charge on any atom is -0.309 e. The summed E-state index contributed by atoms with van der Waals surface area (Å²) in [5, 5.41) is 0.474. The van der Waals surface area contributed by atoms with Gasteiger partial charge in [0, 0.05) is 18.7 Å². The molecule has 0 unspecified atom stereocenters. The molecule has 4 aromatic rings. The van der Waals surface area contributed by atoms with E-state index in [9.17, 15) is 17.6 Å². The van der Waals surface area contributed by atoms with Crippen molar-refractivity contribution in [2.75, 3.05) is 42.9 Å². The number of amides is 1. The number of rotatable bonds is 10. The molecule has 1 aromatic heterocycles. The van der Waals surface area contributed by atoms with E-state index in [0.717, 1.165) is 6.54 Å². The van der Waals surface area contributed by atoms with Crippen molar-refractivity contribution in [1.29, 1.82) is 0 Å². The van der Waals surface area contributed by atoms with Crippen molar-refractivity contribution in [3.63, 3.8) is 0 Å². The maximum Gasteiger partial charge on any atom is 0.264 e. The molecule has 0 saturated heterocycles. The second-order valence-electron chi connectivity index (χ2n) is 8.75. The number of aromatic nitrogens is 1. The number of nitrogens with zero attached hydrogens (tertiary/aromatic N) is 4. The van der Waals surface area contributed by atoms with Gasteiger partial charge in [-0.2, -0.15) is 0 Å². The molecule has 4 rings (SSSR count). The van der Waals surface area contributed by atoms with Crippen molar-refractivity contribution >= 4 is 48.3 Å². The fourth-order valence-electron chi connectivity index (χ4n) is 3.97. The summed E-state index contributed by atoms with van der Waals surface area (Å²) in [6, 6.07) is 19.2. The van der Waals surface area contributed by atoms with E-state index in [1.54, 1.807) is 42.2 Å². The van der Waals surface area contributed by atoms with Crippen LogP contribution in [0, 0.1) is 5.82 Å². The molecule has 0 fully saturated rings. The second-order valence-corrected chi connectivity index (χ2v) is 11.6. The van der Waals surface area contributed by atoms with Crippen LogP contribution in [0.25, 0.3) is 10.2 Å². The second kappa shape index (κ2) is 11.4. The summed E-state index contributed by atoms with van der Waals surface area (Å²) in [4.78, 5) is 21.9. The molecule has 7 nitrogen and oxygen atoms in total. The van der Waals surface area contributed by atoms with Crippen molar-refractivity contribution in [1.82, 2.24) is 9.88 Å². The summed E-state index contributed by atoms with van der Waals surface area (Å²) in [6.45, 7) is 3.23. The van der Waals surface area contributed by atoms with Gasteiger partial charge in [-0.15, -0.1) is 0 Å². The normalized spacial score (nSPS) is 11.7. The Morgan fingerprint density at radius 2 is 1.68 bits per heavy atom. The average Bonchev–Trinajstić information content (AvgIpc) is 3.30. The number of hydrogen-bond acceptors (Lipinski definition) is 6. The van der Waals surface area contributed by atoms with Gasteiger partial charge < -0.3 is 4.90 Å². The molecule has 0 aliphatic rings. The van der Waals surface area contributed by atoms with E-state index in [2.05, 4.69) is 4.98 Å². The van der Waals surface area contributed by atoms with Crippen molar-refractivity contribution in [3.8, 4) is 0 Å². The fraction of sp³-hybridized carbons (Fsp3) is 0.259. The topological polar surface area (TPSA) is 73.8 Å². The first-order chi connectivity index (χ1) is 17.7. The van der Waals surface area contributed by atoms with Crippen LogP contribution < -0.4 is 9.21 Å². The van der Waals surface area contributed by atoms with Crippen molar-refractivity contribution in [3.05, 3.63) is 84.2 Å². The molecule has 0 aliphatic heterocycles. The number of thiazole rings is 1. The van der Waals surface area contributed by atoms with E-state index in [1.807, 2.05) is 25.1 Å². The molecule has 1 amide bonds. The number of halogens is 1. The van der Waals surface area contributed by atoms with Crippen LogP contribution in [0.1, 0.15) is 23.7 Å². The molecule has 37 heavy (non-hydrogen) atoms. The molecular formula is C27H29FN4O3S2. The third-order valence-corrected chi connectivity index (χ3v) is 8.78. The van der Waals surface area contributed by atoms with Crippen molar-refractivity contribution < 1.29 is 17.6 Å². The average molecular weight is 541 g/mol. The van der Waals surface area contributed by atoms with Crippen LogP contribution in [-0.2, 0) is 10.0 Å². The molecule has 0 spiro atoms. The first-order valence-corrected chi connectivity index (χ1v) is 14.2. The van der Waals surface area contributed by atoms with E-state index in [4.69, 9.17) is 0 Å². The molecule has 0 N–H and O–H groups in total. The van der Waals surface area contributed by atoms with Crippen LogP contribution >= 0.6 is 11.3 Å². The molecular weight excluding hydrogens is 511 g/mol. The number of carbonyl (C=O) groups excluding carboxylic acids is 1. The fourth-order valence-corrected chi connectivity index (χ4v) is 6.46. The van der Waals surface area contributed by atoms with E-state index < -0.39 is 10.0 Å². The molecule has 0 aliphatic carbocycles. The highest BCUT2D eigenvalue weighted by atomic mass is 32.2. The molecule has 0 radical (unpaired) electrons. The number of sulfonamides is 1. The summed E-state index contributed by atoms with van der Waals surface area (Å²) in [5.41, 5.74) is 1.54. The zero-order chi connectivity index (χ0) is 26.6. The first kappa shape index (κ1) is 26.7. The van der Waals surface area contributed by atoms with Crippen LogP contribution in [0.5, 0.6) is 0 Å². The first-order valence-electron chi connectivity index (χ1n) is 11.9. The Hall–Kier alpha value is -3.34. The Bertz CT molecular complexity index is 1470. The Balaban J connectivity index is 1.63. The lowest BCUT2D eigenvalue weighted by molar-refractivity contribution is 0.0986. The maximum absolute atomic E-state index is 13.7. The number of benzene rings is 3. The number of carbonyl (C=O) groups is 1. The predicted octanol–water partition coefficient (Wildman–Crippen LogP) is 5.25. The molecule has 0 atom stereocenters. The van der Waals surface area contributed by atoms with Crippen molar-refractivity contribution in [2.45, 2.75) is 18.2 Å². The van der Waals surface area contributed by atoms with Gasteiger partial charge in [-0.05, 0) is 88.6 Å². The SMILES string of the molecule is CCN(c1ccccc1)S(=O)(=O)c1ccc(C(=O)N(CCCN(C)C)c2nc3ccc(F)cc3s2)cc1. The summed E-state index contributed by atoms with van der Waals surface area (Å²) < 4.78 is 42.4. The van der Waals surface area contributed by atoms with Crippen LogP contribution in [0.15, 0.2) is 77.7 Å². The minimum absolute atomic E-state index is 0.101. The van der Waals surface area contributed by atoms with Gasteiger partial charge in [-0.25, -0.2) is 17.8 Å². The van der Waals surface area contributed by atoms with Crippen LogP contribution in [0.2, 0.25) is 0 Å². The predicted molar refractivity (Wildman–Crippen MR) is 148 cm³/mol. The Labute approximate surface area is 220 Å². The highest BCUT2D eigenvalue weighted by Crippen LogP contribution is 2.31. The maximum atomic E-state index is 13.7. The van der Waals surface area contributed by atoms with Crippen LogP contribution in [-0.4, -0.2) is 57.9 Å². The lowest BCUT2D eigenvalue weighted by atomic mass is 10.2. The summed E-state index contributed by atoms with van der Waals surface area (Å²) in [5.74, 6) is -0.653. The van der Waals surface area contributed by atoms with E-state index in [-0.39, 0.29) is 23.2 Å². The van der Waals surface area contributed by atoms with Crippen LogP contribution in [0.3, 0.4) is 0 Å². The molecule has 3 aromatic carbocycles. The van der Waals surface area contributed by atoms with Crippen LogP contribution in [0.4, 0.5) is 15.2 Å². The molecule has 1 heterocycles. The van der Waals surface area contributed by atoms with E-state index in [0.29, 0.717) is 39.6 Å². The van der Waals surface area contributed by atoms with Gasteiger partial charge in [0.1, 0.15) is 5.82 Å².